The standard InChI is InChI=1S/C21H17NO4/c1-2-22-18(23)16-15-11-7-3-5-9-13(11)21(20(25)26,17(16)19(22)24)14-10-6-4-8-12(14)15/h3-10,15-17H,2H2,1H3,(H,25,26)/p-1/t15?,16-,17+,21?/m1/s1. The van der Waals surface area contributed by atoms with Crippen LogP contribution in [0.25, 0.3) is 0 Å². The maximum absolute atomic E-state index is 13.1. The van der Waals surface area contributed by atoms with Crippen LogP contribution < -0.4 is 5.11 Å². The van der Waals surface area contributed by atoms with Gasteiger partial charge in [0.2, 0.25) is 11.8 Å². The molecule has 0 unspecified atom stereocenters. The maximum Gasteiger partial charge on any atom is 0.234 e. The van der Waals surface area contributed by atoms with E-state index in [1.54, 1.807) is 31.2 Å². The smallest absolute Gasteiger partial charge is 0.234 e. The van der Waals surface area contributed by atoms with Crippen molar-refractivity contribution in [3.63, 3.8) is 0 Å². The van der Waals surface area contributed by atoms with Gasteiger partial charge in [-0.3, -0.25) is 14.5 Å². The summed E-state index contributed by atoms with van der Waals surface area (Å²) in [6, 6.07) is 14.5. The first-order valence-corrected chi connectivity index (χ1v) is 8.80. The van der Waals surface area contributed by atoms with Crippen LogP contribution in [0.3, 0.4) is 0 Å². The van der Waals surface area contributed by atoms with E-state index in [1.807, 2.05) is 24.3 Å². The number of benzene rings is 2. The molecule has 0 aromatic heterocycles. The SMILES string of the molecule is CCN1C(=O)[C@@H]2C3c4ccccc4C(C(=O)[O-])(c4ccccc43)[C@@H]2C1=O. The predicted molar refractivity (Wildman–Crippen MR) is 89.9 cm³/mol. The van der Waals surface area contributed by atoms with Gasteiger partial charge in [-0.25, -0.2) is 0 Å². The molecule has 130 valence electrons. The van der Waals surface area contributed by atoms with Gasteiger partial charge in [-0.05, 0) is 29.2 Å². The number of likely N-dealkylation sites (tertiary alicyclic amines) is 1. The van der Waals surface area contributed by atoms with Crippen LogP contribution in [0.4, 0.5) is 0 Å². The van der Waals surface area contributed by atoms with Gasteiger partial charge in [0.1, 0.15) is 0 Å². The molecular formula is C21H16NO4-. The van der Waals surface area contributed by atoms with E-state index in [2.05, 4.69) is 0 Å². The second-order valence-electron chi connectivity index (χ2n) is 7.17. The number of carboxylic acids is 1. The Hall–Kier alpha value is -2.95. The van der Waals surface area contributed by atoms with Crippen LogP contribution >= 0.6 is 0 Å². The van der Waals surface area contributed by atoms with E-state index in [4.69, 9.17) is 0 Å². The highest BCUT2D eigenvalue weighted by Crippen LogP contribution is 2.63. The number of amides is 2. The molecule has 26 heavy (non-hydrogen) atoms. The molecule has 2 atom stereocenters. The zero-order valence-electron chi connectivity index (χ0n) is 14.1. The summed E-state index contributed by atoms with van der Waals surface area (Å²) in [6.07, 6.45) is 0. The van der Waals surface area contributed by atoms with E-state index in [0.717, 1.165) is 11.1 Å². The summed E-state index contributed by atoms with van der Waals surface area (Å²) in [5, 5.41) is 12.7. The van der Waals surface area contributed by atoms with Crippen molar-refractivity contribution in [2.45, 2.75) is 18.3 Å². The number of carbonyl (C=O) groups is 3. The third kappa shape index (κ3) is 1.43. The van der Waals surface area contributed by atoms with Crippen molar-refractivity contribution in [1.82, 2.24) is 4.90 Å². The molecule has 0 N–H and O–H groups in total. The molecule has 2 bridgehead atoms. The van der Waals surface area contributed by atoms with Crippen LogP contribution in [0.5, 0.6) is 0 Å². The van der Waals surface area contributed by atoms with E-state index in [-0.39, 0.29) is 18.4 Å². The summed E-state index contributed by atoms with van der Waals surface area (Å²) in [5.41, 5.74) is 1.18. The average molecular weight is 346 g/mol. The number of aliphatic carboxylic acids is 1. The van der Waals surface area contributed by atoms with E-state index < -0.39 is 29.1 Å². The van der Waals surface area contributed by atoms with Crippen molar-refractivity contribution in [1.29, 1.82) is 0 Å². The number of hydrogen-bond donors (Lipinski definition) is 0. The van der Waals surface area contributed by atoms with Crippen molar-refractivity contribution in [3.8, 4) is 0 Å². The molecule has 1 aliphatic heterocycles. The molecule has 0 saturated carbocycles. The number of rotatable bonds is 2. The van der Waals surface area contributed by atoms with Gasteiger partial charge in [-0.1, -0.05) is 48.5 Å². The van der Waals surface area contributed by atoms with Crippen molar-refractivity contribution >= 4 is 17.8 Å². The molecular weight excluding hydrogens is 330 g/mol. The Balaban J connectivity index is 1.95. The first-order chi connectivity index (χ1) is 12.5. The van der Waals surface area contributed by atoms with Crippen molar-refractivity contribution in [2.75, 3.05) is 6.54 Å². The first-order valence-electron chi connectivity index (χ1n) is 8.80. The van der Waals surface area contributed by atoms with E-state index in [1.165, 1.54) is 4.90 Å². The molecule has 3 aliphatic carbocycles. The van der Waals surface area contributed by atoms with Gasteiger partial charge >= 0.3 is 0 Å². The summed E-state index contributed by atoms with van der Waals surface area (Å²) < 4.78 is 0. The van der Waals surface area contributed by atoms with Gasteiger partial charge in [-0.2, -0.15) is 0 Å². The van der Waals surface area contributed by atoms with E-state index in [9.17, 15) is 19.5 Å². The number of imide groups is 1. The third-order valence-corrected chi connectivity index (χ3v) is 6.35. The highest BCUT2D eigenvalue weighted by atomic mass is 16.4. The molecule has 1 saturated heterocycles. The summed E-state index contributed by atoms with van der Waals surface area (Å²) in [5.74, 6) is -3.94. The molecule has 2 aromatic carbocycles. The quantitative estimate of drug-likeness (QED) is 0.754. The van der Waals surface area contributed by atoms with Crippen molar-refractivity contribution in [2.24, 2.45) is 11.8 Å². The van der Waals surface area contributed by atoms with Crippen molar-refractivity contribution < 1.29 is 19.5 Å². The summed E-state index contributed by atoms with van der Waals surface area (Å²) >= 11 is 0. The predicted octanol–water partition coefficient (Wildman–Crippen LogP) is 0.803. The van der Waals surface area contributed by atoms with E-state index in [0.29, 0.717) is 11.1 Å². The summed E-state index contributed by atoms with van der Waals surface area (Å²) in [6.45, 7) is 1.98. The Labute approximate surface area is 150 Å². The molecule has 4 aliphatic rings. The highest BCUT2D eigenvalue weighted by molar-refractivity contribution is 6.11. The monoisotopic (exact) mass is 346 g/mol. The fourth-order valence-electron chi connectivity index (χ4n) is 5.49. The van der Waals surface area contributed by atoms with Crippen LogP contribution in [0.15, 0.2) is 48.5 Å². The number of carboxylic acid groups (broad SMARTS) is 1. The number of hydrogen-bond acceptors (Lipinski definition) is 4. The van der Waals surface area contributed by atoms with Gasteiger partial charge in [0.05, 0.1) is 23.2 Å². The lowest BCUT2D eigenvalue weighted by molar-refractivity contribution is -0.314. The van der Waals surface area contributed by atoms with Gasteiger partial charge in [0.25, 0.3) is 0 Å². The lowest BCUT2D eigenvalue weighted by Gasteiger charge is -2.54. The normalized spacial score (nSPS) is 30.8. The third-order valence-electron chi connectivity index (χ3n) is 6.35. The van der Waals surface area contributed by atoms with Crippen LogP contribution in [0.1, 0.15) is 35.1 Å². The Morgan fingerprint density at radius 1 is 1.00 bits per heavy atom. The highest BCUT2D eigenvalue weighted by Gasteiger charge is 2.68. The zero-order chi connectivity index (χ0) is 18.2. The maximum atomic E-state index is 13.1. The van der Waals surface area contributed by atoms with Gasteiger partial charge in [0.15, 0.2) is 0 Å². The Kier molecular flexibility index (Phi) is 2.84. The second-order valence-corrected chi connectivity index (χ2v) is 7.17. The first kappa shape index (κ1) is 15.3. The number of nitrogens with zero attached hydrogens (tertiary/aromatic N) is 1. The molecule has 6 rings (SSSR count). The molecule has 5 nitrogen and oxygen atoms in total. The van der Waals surface area contributed by atoms with Gasteiger partial charge < -0.3 is 9.90 Å². The second kappa shape index (κ2) is 4.81. The molecule has 0 radical (unpaired) electrons. The fraction of sp³-hybridized carbons (Fsp3) is 0.286. The molecule has 2 amide bonds. The lowest BCUT2D eigenvalue weighted by atomic mass is 9.47. The Bertz CT molecular complexity index is 948. The van der Waals surface area contributed by atoms with Crippen molar-refractivity contribution in [3.05, 3.63) is 70.8 Å². The Morgan fingerprint density at radius 3 is 2.04 bits per heavy atom. The zero-order valence-corrected chi connectivity index (χ0v) is 14.1. The topological polar surface area (TPSA) is 77.5 Å². The molecule has 1 heterocycles. The van der Waals surface area contributed by atoms with Crippen LogP contribution in [-0.4, -0.2) is 29.2 Å². The molecule has 1 fully saturated rings. The average Bonchev–Trinajstić information content (AvgIpc) is 2.92. The minimum absolute atomic E-state index is 0.243. The minimum atomic E-state index is -1.62. The Morgan fingerprint density at radius 2 is 1.54 bits per heavy atom. The molecule has 0 spiro atoms. The largest absolute Gasteiger partial charge is 0.549 e. The summed E-state index contributed by atoms with van der Waals surface area (Å²) in [7, 11) is 0. The molecule has 2 aromatic rings. The number of carbonyl (C=O) groups excluding carboxylic acids is 3. The van der Waals surface area contributed by atoms with E-state index >= 15 is 0 Å². The van der Waals surface area contributed by atoms with Crippen LogP contribution in [0.2, 0.25) is 0 Å². The fourth-order valence-corrected chi connectivity index (χ4v) is 5.49. The lowest BCUT2D eigenvalue weighted by Crippen LogP contribution is -2.61. The van der Waals surface area contributed by atoms with Gasteiger partial charge in [0, 0.05) is 12.5 Å². The van der Waals surface area contributed by atoms with Gasteiger partial charge in [-0.15, -0.1) is 0 Å². The summed E-state index contributed by atoms with van der Waals surface area (Å²) in [4.78, 5) is 40.0. The van der Waals surface area contributed by atoms with Crippen LogP contribution in [0, 0.1) is 11.8 Å². The minimum Gasteiger partial charge on any atom is -0.549 e. The molecule has 5 heteroatoms. The van der Waals surface area contributed by atoms with Crippen LogP contribution in [-0.2, 0) is 19.8 Å².